The highest BCUT2D eigenvalue weighted by atomic mass is 16.6. The Morgan fingerprint density at radius 3 is 2.77 bits per heavy atom. The van der Waals surface area contributed by atoms with E-state index in [0.717, 1.165) is 41.6 Å². The van der Waals surface area contributed by atoms with Gasteiger partial charge in [0, 0.05) is 37.0 Å². The van der Waals surface area contributed by atoms with Crippen molar-refractivity contribution in [1.82, 2.24) is 25.2 Å². The van der Waals surface area contributed by atoms with Crippen LogP contribution in [0.1, 0.15) is 22.6 Å². The van der Waals surface area contributed by atoms with Crippen LogP contribution in [-0.2, 0) is 19.6 Å². The Morgan fingerprint density at radius 2 is 2.00 bits per heavy atom. The molecule has 0 unspecified atom stereocenters. The molecule has 4 rings (SSSR count). The lowest BCUT2D eigenvalue weighted by Crippen LogP contribution is -2.16. The van der Waals surface area contributed by atoms with Crippen LogP contribution in [-0.4, -0.2) is 25.2 Å². The fourth-order valence-corrected chi connectivity index (χ4v) is 2.66. The van der Waals surface area contributed by atoms with Crippen molar-refractivity contribution < 1.29 is 4.63 Å². The summed E-state index contributed by atoms with van der Waals surface area (Å²) in [6, 6.07) is 10.0. The summed E-state index contributed by atoms with van der Waals surface area (Å²) < 4.78 is 4.75. The number of hydrogen-bond donors (Lipinski definition) is 0. The molecule has 0 aliphatic carbocycles. The second kappa shape index (κ2) is 5.31. The molecule has 0 saturated heterocycles. The molecule has 2 aromatic heterocycles. The van der Waals surface area contributed by atoms with E-state index in [9.17, 15) is 0 Å². The van der Waals surface area contributed by atoms with Crippen LogP contribution in [0.15, 0.2) is 41.2 Å². The van der Waals surface area contributed by atoms with Gasteiger partial charge in [0.15, 0.2) is 5.82 Å². The van der Waals surface area contributed by atoms with Gasteiger partial charge in [-0.05, 0) is 6.92 Å². The van der Waals surface area contributed by atoms with Crippen LogP contribution in [0.25, 0.3) is 11.4 Å². The lowest BCUT2D eigenvalue weighted by Gasteiger charge is -2.11. The van der Waals surface area contributed by atoms with Crippen molar-refractivity contribution in [3.05, 3.63) is 59.2 Å². The van der Waals surface area contributed by atoms with Crippen molar-refractivity contribution in [2.75, 3.05) is 0 Å². The molecule has 0 radical (unpaired) electrons. The quantitative estimate of drug-likeness (QED) is 0.738. The van der Waals surface area contributed by atoms with E-state index in [1.807, 2.05) is 43.5 Å². The van der Waals surface area contributed by atoms with Crippen molar-refractivity contribution in [3.63, 3.8) is 0 Å². The number of hydrogen-bond acceptors (Lipinski definition) is 6. The molecule has 1 aromatic carbocycles. The standard InChI is InChI=1S/C16H15N5O/c1-11-14(20-22-19-11)9-21-8-13-7-17-16(18-15(13)10-21)12-5-3-2-4-6-12/h2-7H,8-10H2,1H3. The highest BCUT2D eigenvalue weighted by molar-refractivity contribution is 5.54. The summed E-state index contributed by atoms with van der Waals surface area (Å²) in [5.41, 5.74) is 5.02. The first-order valence-electron chi connectivity index (χ1n) is 7.20. The summed E-state index contributed by atoms with van der Waals surface area (Å²) in [6.07, 6.45) is 1.93. The summed E-state index contributed by atoms with van der Waals surface area (Å²) in [5, 5.41) is 7.76. The highest BCUT2D eigenvalue weighted by Gasteiger charge is 2.23. The zero-order valence-corrected chi connectivity index (χ0v) is 12.2. The van der Waals surface area contributed by atoms with Gasteiger partial charge >= 0.3 is 0 Å². The molecule has 22 heavy (non-hydrogen) atoms. The van der Waals surface area contributed by atoms with Crippen LogP contribution in [0.3, 0.4) is 0 Å². The first-order valence-corrected chi connectivity index (χ1v) is 7.20. The molecule has 6 heteroatoms. The topological polar surface area (TPSA) is 67.9 Å². The van der Waals surface area contributed by atoms with Gasteiger partial charge in [-0.2, -0.15) is 0 Å². The van der Waals surface area contributed by atoms with Gasteiger partial charge in [-0.25, -0.2) is 14.6 Å². The summed E-state index contributed by atoms with van der Waals surface area (Å²) in [5.74, 6) is 0.778. The molecule has 1 aliphatic rings. The summed E-state index contributed by atoms with van der Waals surface area (Å²) >= 11 is 0. The second-order valence-electron chi connectivity index (χ2n) is 5.47. The first kappa shape index (κ1) is 13.1. The number of rotatable bonds is 3. The Labute approximate surface area is 127 Å². The van der Waals surface area contributed by atoms with Gasteiger partial charge in [-0.3, -0.25) is 4.90 Å². The maximum absolute atomic E-state index is 4.75. The minimum Gasteiger partial charge on any atom is -0.287 e. The van der Waals surface area contributed by atoms with E-state index >= 15 is 0 Å². The number of nitrogens with zero attached hydrogens (tertiary/aromatic N) is 5. The Balaban J connectivity index is 1.55. The smallest absolute Gasteiger partial charge is 0.159 e. The molecule has 3 heterocycles. The number of benzene rings is 1. The maximum atomic E-state index is 4.75. The van der Waals surface area contributed by atoms with E-state index in [2.05, 4.69) is 20.2 Å². The van der Waals surface area contributed by atoms with Gasteiger partial charge in [0.1, 0.15) is 11.4 Å². The molecular formula is C16H15N5O. The zero-order chi connectivity index (χ0) is 14.9. The molecule has 1 aliphatic heterocycles. The summed E-state index contributed by atoms with van der Waals surface area (Å²) in [7, 11) is 0. The molecule has 0 atom stereocenters. The third kappa shape index (κ3) is 2.37. The Hall–Kier alpha value is -2.60. The predicted molar refractivity (Wildman–Crippen MR) is 79.5 cm³/mol. The van der Waals surface area contributed by atoms with Gasteiger partial charge < -0.3 is 0 Å². The van der Waals surface area contributed by atoms with Gasteiger partial charge in [0.2, 0.25) is 0 Å². The third-order valence-corrected chi connectivity index (χ3v) is 3.87. The molecule has 0 bridgehead atoms. The highest BCUT2D eigenvalue weighted by Crippen LogP contribution is 2.24. The van der Waals surface area contributed by atoms with Crippen LogP contribution < -0.4 is 0 Å². The SMILES string of the molecule is Cc1nonc1CN1Cc2cnc(-c3ccccc3)nc2C1. The van der Waals surface area contributed by atoms with E-state index in [-0.39, 0.29) is 0 Å². The number of fused-ring (bicyclic) bond motifs is 1. The lowest BCUT2D eigenvalue weighted by molar-refractivity contribution is 0.254. The molecule has 6 nitrogen and oxygen atoms in total. The maximum Gasteiger partial charge on any atom is 0.159 e. The van der Waals surface area contributed by atoms with Crippen LogP contribution in [0.5, 0.6) is 0 Å². The Bertz CT molecular complexity index is 799. The number of aromatic nitrogens is 4. The van der Waals surface area contributed by atoms with Gasteiger partial charge in [0.05, 0.1) is 5.69 Å². The largest absolute Gasteiger partial charge is 0.287 e. The molecule has 0 spiro atoms. The molecule has 0 fully saturated rings. The molecule has 3 aromatic rings. The van der Waals surface area contributed by atoms with Gasteiger partial charge in [0.25, 0.3) is 0 Å². The van der Waals surface area contributed by atoms with E-state index in [1.54, 1.807) is 0 Å². The minimum atomic E-state index is 0.715. The average Bonchev–Trinajstić information content (AvgIpc) is 3.14. The predicted octanol–water partition coefficient (Wildman–Crippen LogP) is 2.35. The fraction of sp³-hybridized carbons (Fsp3) is 0.250. The first-order chi connectivity index (χ1) is 10.8. The fourth-order valence-electron chi connectivity index (χ4n) is 2.66. The van der Waals surface area contributed by atoms with Crippen LogP contribution in [0, 0.1) is 6.92 Å². The van der Waals surface area contributed by atoms with Crippen molar-refractivity contribution in [2.45, 2.75) is 26.6 Å². The zero-order valence-electron chi connectivity index (χ0n) is 12.2. The van der Waals surface area contributed by atoms with E-state index in [1.165, 1.54) is 5.56 Å². The molecule has 0 saturated carbocycles. The van der Waals surface area contributed by atoms with Crippen LogP contribution in [0.4, 0.5) is 0 Å². The molecule has 0 N–H and O–H groups in total. The average molecular weight is 293 g/mol. The van der Waals surface area contributed by atoms with Crippen molar-refractivity contribution in [3.8, 4) is 11.4 Å². The normalized spacial score (nSPS) is 14.2. The third-order valence-electron chi connectivity index (χ3n) is 3.87. The summed E-state index contributed by atoms with van der Waals surface area (Å²) in [6.45, 7) is 4.25. The second-order valence-corrected chi connectivity index (χ2v) is 5.47. The monoisotopic (exact) mass is 293 g/mol. The van der Waals surface area contributed by atoms with Gasteiger partial charge in [-0.15, -0.1) is 0 Å². The van der Waals surface area contributed by atoms with Crippen LogP contribution in [0.2, 0.25) is 0 Å². The number of aryl methyl sites for hydroxylation is 1. The molecule has 0 amide bonds. The molecular weight excluding hydrogens is 278 g/mol. The van der Waals surface area contributed by atoms with Crippen molar-refractivity contribution in [1.29, 1.82) is 0 Å². The Morgan fingerprint density at radius 1 is 1.14 bits per heavy atom. The van der Waals surface area contributed by atoms with E-state index in [4.69, 9.17) is 9.61 Å². The van der Waals surface area contributed by atoms with Crippen molar-refractivity contribution >= 4 is 0 Å². The van der Waals surface area contributed by atoms with E-state index < -0.39 is 0 Å². The summed E-state index contributed by atoms with van der Waals surface area (Å²) in [4.78, 5) is 11.5. The van der Waals surface area contributed by atoms with E-state index in [0.29, 0.717) is 6.54 Å². The van der Waals surface area contributed by atoms with Crippen LogP contribution >= 0.6 is 0 Å². The molecule has 110 valence electrons. The van der Waals surface area contributed by atoms with Gasteiger partial charge in [-0.1, -0.05) is 40.6 Å². The minimum absolute atomic E-state index is 0.715. The van der Waals surface area contributed by atoms with Crippen molar-refractivity contribution in [2.24, 2.45) is 0 Å². The Kier molecular flexibility index (Phi) is 3.16. The lowest BCUT2D eigenvalue weighted by atomic mass is 10.2.